The second-order valence-electron chi connectivity index (χ2n) is 3.75. The number of carbonyl (C=O) groups excluding carboxylic acids is 1. The van der Waals surface area contributed by atoms with Crippen LogP contribution in [-0.2, 0) is 4.79 Å². The maximum absolute atomic E-state index is 11.2. The van der Waals surface area contributed by atoms with Gasteiger partial charge in [-0.15, -0.1) is 0 Å². The quantitative estimate of drug-likeness (QED) is 0.603. The molecule has 0 spiro atoms. The average Bonchev–Trinajstić information content (AvgIpc) is 2.29. The first-order valence-electron chi connectivity index (χ1n) is 5.55. The normalized spacial score (nSPS) is 12.1. The molecule has 0 fully saturated rings. The van der Waals surface area contributed by atoms with Crippen molar-refractivity contribution < 1.29 is 4.79 Å². The molecule has 0 unspecified atom stereocenters. The number of rotatable bonds is 7. The predicted octanol–water partition coefficient (Wildman–Crippen LogP) is 1.08. The van der Waals surface area contributed by atoms with Crippen LogP contribution in [-0.4, -0.2) is 18.5 Å². The summed E-state index contributed by atoms with van der Waals surface area (Å²) in [6, 6.07) is 9.28. The van der Waals surface area contributed by atoms with Crippen molar-refractivity contribution in [2.24, 2.45) is 11.5 Å². The number of para-hydroxylation sites is 1. The first-order chi connectivity index (χ1) is 7.74. The van der Waals surface area contributed by atoms with Crippen LogP contribution < -0.4 is 16.8 Å². The number of unbranched alkanes of at least 4 members (excludes halogenated alkanes) is 1. The highest BCUT2D eigenvalue weighted by atomic mass is 16.1. The van der Waals surface area contributed by atoms with Gasteiger partial charge in [-0.2, -0.15) is 0 Å². The molecule has 0 bridgehead atoms. The lowest BCUT2D eigenvalue weighted by molar-refractivity contribution is -0.118. The molecule has 1 rings (SSSR count). The summed E-state index contributed by atoms with van der Waals surface area (Å²) in [5.41, 5.74) is 11.7. The molecule has 1 amide bonds. The molecular weight excluding hydrogens is 202 g/mol. The third kappa shape index (κ3) is 4.31. The SMILES string of the molecule is NCCCC[C@H](Nc1ccccc1)C(N)=O. The lowest BCUT2D eigenvalue weighted by atomic mass is 10.1. The Hall–Kier alpha value is -1.55. The van der Waals surface area contributed by atoms with Crippen LogP contribution >= 0.6 is 0 Å². The number of nitrogens with one attached hydrogen (secondary N) is 1. The highest BCUT2D eigenvalue weighted by molar-refractivity contribution is 5.82. The summed E-state index contributed by atoms with van der Waals surface area (Å²) >= 11 is 0. The van der Waals surface area contributed by atoms with Gasteiger partial charge in [-0.3, -0.25) is 4.79 Å². The molecule has 4 heteroatoms. The van der Waals surface area contributed by atoms with E-state index >= 15 is 0 Å². The third-order valence-corrected chi connectivity index (χ3v) is 2.41. The van der Waals surface area contributed by atoms with E-state index in [9.17, 15) is 4.79 Å². The van der Waals surface area contributed by atoms with Crippen LogP contribution in [0.15, 0.2) is 30.3 Å². The van der Waals surface area contributed by atoms with Gasteiger partial charge in [0.25, 0.3) is 0 Å². The van der Waals surface area contributed by atoms with Crippen molar-refractivity contribution in [3.8, 4) is 0 Å². The number of nitrogens with two attached hydrogens (primary N) is 2. The Morgan fingerprint density at radius 1 is 1.25 bits per heavy atom. The standard InChI is InChI=1S/C12H19N3O/c13-9-5-4-8-11(12(14)16)15-10-6-2-1-3-7-10/h1-3,6-7,11,15H,4-5,8-9,13H2,(H2,14,16)/t11-/m0/s1. The zero-order valence-electron chi connectivity index (χ0n) is 9.36. The molecule has 0 heterocycles. The number of hydrogen-bond acceptors (Lipinski definition) is 3. The molecule has 0 aliphatic carbocycles. The van der Waals surface area contributed by atoms with Crippen molar-refractivity contribution in [3.63, 3.8) is 0 Å². The van der Waals surface area contributed by atoms with E-state index in [1.165, 1.54) is 0 Å². The van der Waals surface area contributed by atoms with E-state index in [1.807, 2.05) is 30.3 Å². The first kappa shape index (κ1) is 12.5. The lowest BCUT2D eigenvalue weighted by Gasteiger charge is -2.16. The lowest BCUT2D eigenvalue weighted by Crippen LogP contribution is -2.35. The number of benzene rings is 1. The minimum absolute atomic E-state index is 0.311. The largest absolute Gasteiger partial charge is 0.374 e. The van der Waals surface area contributed by atoms with Crippen LogP contribution in [0.25, 0.3) is 0 Å². The topological polar surface area (TPSA) is 81.1 Å². The molecule has 1 aromatic carbocycles. The number of amides is 1. The minimum atomic E-state index is -0.319. The van der Waals surface area contributed by atoms with Gasteiger partial charge in [-0.25, -0.2) is 0 Å². The van der Waals surface area contributed by atoms with Crippen LogP contribution in [0, 0.1) is 0 Å². The summed E-state index contributed by atoms with van der Waals surface area (Å²) < 4.78 is 0. The van der Waals surface area contributed by atoms with Crippen LogP contribution in [0.3, 0.4) is 0 Å². The molecular formula is C12H19N3O. The monoisotopic (exact) mass is 221 g/mol. The molecule has 1 aromatic rings. The van der Waals surface area contributed by atoms with Gasteiger partial charge in [0.1, 0.15) is 6.04 Å². The van der Waals surface area contributed by atoms with Crippen molar-refractivity contribution in [2.75, 3.05) is 11.9 Å². The summed E-state index contributed by atoms with van der Waals surface area (Å²) in [4.78, 5) is 11.2. The van der Waals surface area contributed by atoms with Crippen molar-refractivity contribution in [1.82, 2.24) is 0 Å². The molecule has 0 aromatic heterocycles. The Morgan fingerprint density at radius 3 is 2.50 bits per heavy atom. The highest BCUT2D eigenvalue weighted by Crippen LogP contribution is 2.10. The fourth-order valence-electron chi connectivity index (χ4n) is 1.51. The van der Waals surface area contributed by atoms with Gasteiger partial charge < -0.3 is 16.8 Å². The summed E-state index contributed by atoms with van der Waals surface area (Å²) in [6.45, 7) is 0.650. The summed E-state index contributed by atoms with van der Waals surface area (Å²) in [5, 5.41) is 3.12. The Balaban J connectivity index is 2.48. The van der Waals surface area contributed by atoms with Gasteiger partial charge in [-0.1, -0.05) is 18.2 Å². The third-order valence-electron chi connectivity index (χ3n) is 2.41. The van der Waals surface area contributed by atoms with E-state index in [1.54, 1.807) is 0 Å². The molecule has 16 heavy (non-hydrogen) atoms. The number of anilines is 1. The van der Waals surface area contributed by atoms with Crippen molar-refractivity contribution in [2.45, 2.75) is 25.3 Å². The van der Waals surface area contributed by atoms with E-state index in [0.29, 0.717) is 6.54 Å². The zero-order chi connectivity index (χ0) is 11.8. The molecule has 0 aliphatic rings. The average molecular weight is 221 g/mol. The first-order valence-corrected chi connectivity index (χ1v) is 5.55. The molecule has 0 saturated heterocycles. The van der Waals surface area contributed by atoms with E-state index in [-0.39, 0.29) is 11.9 Å². The fraction of sp³-hybridized carbons (Fsp3) is 0.417. The zero-order valence-corrected chi connectivity index (χ0v) is 9.36. The smallest absolute Gasteiger partial charge is 0.239 e. The highest BCUT2D eigenvalue weighted by Gasteiger charge is 2.13. The second kappa shape index (κ2) is 6.85. The van der Waals surface area contributed by atoms with Gasteiger partial charge >= 0.3 is 0 Å². The maximum atomic E-state index is 11.2. The molecule has 1 atom stereocenters. The van der Waals surface area contributed by atoms with Crippen molar-refractivity contribution in [3.05, 3.63) is 30.3 Å². The Labute approximate surface area is 96.0 Å². The Kier molecular flexibility index (Phi) is 5.36. The maximum Gasteiger partial charge on any atom is 0.239 e. The van der Waals surface area contributed by atoms with Gasteiger partial charge in [0.15, 0.2) is 0 Å². The van der Waals surface area contributed by atoms with Gasteiger partial charge in [0.05, 0.1) is 0 Å². The van der Waals surface area contributed by atoms with Crippen LogP contribution in [0.2, 0.25) is 0 Å². The number of hydrogen-bond donors (Lipinski definition) is 3. The predicted molar refractivity (Wildman–Crippen MR) is 66.0 cm³/mol. The Morgan fingerprint density at radius 2 is 1.94 bits per heavy atom. The number of carbonyl (C=O) groups is 1. The number of primary amides is 1. The minimum Gasteiger partial charge on any atom is -0.374 e. The van der Waals surface area contributed by atoms with E-state index in [4.69, 9.17) is 11.5 Å². The van der Waals surface area contributed by atoms with E-state index in [0.717, 1.165) is 24.9 Å². The molecule has 0 aliphatic heterocycles. The summed E-state index contributed by atoms with van der Waals surface area (Å²) in [7, 11) is 0. The second-order valence-corrected chi connectivity index (χ2v) is 3.75. The molecule has 5 N–H and O–H groups in total. The molecule has 88 valence electrons. The van der Waals surface area contributed by atoms with E-state index < -0.39 is 0 Å². The van der Waals surface area contributed by atoms with Gasteiger partial charge in [0.2, 0.25) is 5.91 Å². The van der Waals surface area contributed by atoms with E-state index in [2.05, 4.69) is 5.32 Å². The molecule has 4 nitrogen and oxygen atoms in total. The summed E-state index contributed by atoms with van der Waals surface area (Å²) in [5.74, 6) is -0.319. The van der Waals surface area contributed by atoms with Crippen LogP contribution in [0.1, 0.15) is 19.3 Å². The van der Waals surface area contributed by atoms with Crippen molar-refractivity contribution >= 4 is 11.6 Å². The van der Waals surface area contributed by atoms with Gasteiger partial charge in [0, 0.05) is 5.69 Å². The van der Waals surface area contributed by atoms with Crippen molar-refractivity contribution in [1.29, 1.82) is 0 Å². The molecule has 0 saturated carbocycles. The van der Waals surface area contributed by atoms with Crippen LogP contribution in [0.5, 0.6) is 0 Å². The molecule has 0 radical (unpaired) electrons. The van der Waals surface area contributed by atoms with Crippen LogP contribution in [0.4, 0.5) is 5.69 Å². The summed E-state index contributed by atoms with van der Waals surface area (Å²) in [6.07, 6.45) is 2.55. The Bertz CT molecular complexity index is 313. The van der Waals surface area contributed by atoms with Gasteiger partial charge in [-0.05, 0) is 37.9 Å². The fourth-order valence-corrected chi connectivity index (χ4v) is 1.51.